The molecule has 3 aromatic rings. The van der Waals surface area contributed by atoms with E-state index in [1.165, 1.54) is 28.6 Å². The maximum Gasteiger partial charge on any atom is 0.295 e. The highest BCUT2D eigenvalue weighted by atomic mass is 32.2. The highest BCUT2D eigenvalue weighted by Gasteiger charge is 2.22. The van der Waals surface area contributed by atoms with Gasteiger partial charge in [-0.05, 0) is 50.6 Å². The first-order valence-electron chi connectivity index (χ1n) is 11.0. The van der Waals surface area contributed by atoms with E-state index in [-0.39, 0.29) is 34.6 Å². The Balaban J connectivity index is 1.63. The van der Waals surface area contributed by atoms with Gasteiger partial charge in [-0.2, -0.15) is 0 Å². The summed E-state index contributed by atoms with van der Waals surface area (Å²) in [6.45, 7) is 6.09. The number of halogens is 1. The number of nitrogens with zero attached hydrogens (tertiary/aromatic N) is 3. The van der Waals surface area contributed by atoms with Crippen LogP contribution in [0.2, 0.25) is 0 Å². The Morgan fingerprint density at radius 3 is 2.50 bits per heavy atom. The summed E-state index contributed by atoms with van der Waals surface area (Å²) in [6, 6.07) is 15.3. The average Bonchev–Trinajstić information content (AvgIpc) is 3.04. The lowest BCUT2D eigenvalue weighted by Gasteiger charge is -2.21. The van der Waals surface area contributed by atoms with E-state index in [9.17, 15) is 18.8 Å². The van der Waals surface area contributed by atoms with Gasteiger partial charge in [0.1, 0.15) is 11.5 Å². The van der Waals surface area contributed by atoms with E-state index in [0.717, 1.165) is 0 Å². The van der Waals surface area contributed by atoms with Gasteiger partial charge in [-0.1, -0.05) is 30.3 Å². The molecule has 0 saturated carbocycles. The Labute approximate surface area is 202 Å². The number of thioether (sulfide) groups is 1. The lowest BCUT2D eigenvalue weighted by Crippen LogP contribution is -2.33. The molecule has 2 amide bonds. The molecule has 0 spiro atoms. The van der Waals surface area contributed by atoms with Crippen molar-refractivity contribution in [1.82, 2.24) is 14.3 Å². The van der Waals surface area contributed by atoms with E-state index >= 15 is 0 Å². The number of aromatic nitrogens is 2. The van der Waals surface area contributed by atoms with E-state index in [2.05, 4.69) is 5.32 Å². The molecule has 1 atom stereocenters. The third-order valence-corrected chi connectivity index (χ3v) is 6.75. The monoisotopic (exact) mass is 484 g/mol. The van der Waals surface area contributed by atoms with Crippen molar-refractivity contribution in [2.24, 2.45) is 7.05 Å². The predicted molar refractivity (Wildman–Crippen MR) is 134 cm³/mol. The third kappa shape index (κ3) is 5.77. The van der Waals surface area contributed by atoms with Crippen LogP contribution in [0.25, 0.3) is 5.69 Å². The highest BCUT2D eigenvalue weighted by molar-refractivity contribution is 8.01. The second kappa shape index (κ2) is 11.2. The van der Waals surface area contributed by atoms with Gasteiger partial charge in [0.15, 0.2) is 0 Å². The number of hydrogen-bond acceptors (Lipinski definition) is 4. The first-order valence-corrected chi connectivity index (χ1v) is 12.1. The van der Waals surface area contributed by atoms with Crippen molar-refractivity contribution in [1.29, 1.82) is 0 Å². The lowest BCUT2D eigenvalue weighted by molar-refractivity contribution is -0.128. The molecule has 1 heterocycles. The molecule has 3 rings (SSSR count). The van der Waals surface area contributed by atoms with Crippen molar-refractivity contribution in [3.05, 3.63) is 82.0 Å². The molecule has 1 aromatic heterocycles. The second-order valence-electron chi connectivity index (χ2n) is 7.92. The van der Waals surface area contributed by atoms with Crippen LogP contribution in [-0.2, 0) is 23.2 Å². The number of nitrogens with one attached hydrogen (secondary N) is 1. The highest BCUT2D eigenvalue weighted by Crippen LogP contribution is 2.18. The van der Waals surface area contributed by atoms with Crippen LogP contribution in [0, 0.1) is 12.7 Å². The fraction of sp³-hybridized carbons (Fsp3) is 0.320. The fourth-order valence-electron chi connectivity index (χ4n) is 3.53. The topological polar surface area (TPSA) is 76.3 Å². The van der Waals surface area contributed by atoms with Gasteiger partial charge in [-0.25, -0.2) is 9.07 Å². The quantitative estimate of drug-likeness (QED) is 0.502. The number of anilines is 1. The minimum absolute atomic E-state index is 0.0970. The summed E-state index contributed by atoms with van der Waals surface area (Å²) in [5.41, 5.74) is 1.93. The molecule has 2 aromatic carbocycles. The van der Waals surface area contributed by atoms with Gasteiger partial charge < -0.3 is 10.2 Å². The van der Waals surface area contributed by atoms with Gasteiger partial charge in [-0.15, -0.1) is 11.8 Å². The van der Waals surface area contributed by atoms with Crippen LogP contribution in [0.1, 0.15) is 25.1 Å². The zero-order valence-electron chi connectivity index (χ0n) is 19.7. The van der Waals surface area contributed by atoms with Gasteiger partial charge >= 0.3 is 0 Å². The van der Waals surface area contributed by atoms with Crippen LogP contribution in [0.15, 0.2) is 59.4 Å². The number of rotatable bonds is 9. The number of benzene rings is 2. The van der Waals surface area contributed by atoms with Gasteiger partial charge in [0.2, 0.25) is 11.8 Å². The second-order valence-corrected chi connectivity index (χ2v) is 9.25. The molecule has 0 fully saturated rings. The maximum absolute atomic E-state index is 13.4. The Morgan fingerprint density at radius 1 is 1.15 bits per heavy atom. The first-order chi connectivity index (χ1) is 16.2. The van der Waals surface area contributed by atoms with Gasteiger partial charge in [0.05, 0.1) is 22.4 Å². The Morgan fingerprint density at radius 2 is 1.85 bits per heavy atom. The Bertz CT molecular complexity index is 1220. The van der Waals surface area contributed by atoms with E-state index < -0.39 is 5.25 Å². The largest absolute Gasteiger partial charge is 0.338 e. The molecule has 9 heteroatoms. The smallest absolute Gasteiger partial charge is 0.295 e. The number of amides is 2. The molecule has 1 N–H and O–H groups in total. The van der Waals surface area contributed by atoms with Crippen LogP contribution in [0.4, 0.5) is 10.1 Å². The molecule has 34 heavy (non-hydrogen) atoms. The van der Waals surface area contributed by atoms with Crippen LogP contribution >= 0.6 is 11.8 Å². The molecular formula is C25H29FN4O3S. The average molecular weight is 485 g/mol. The van der Waals surface area contributed by atoms with Crippen LogP contribution in [0.3, 0.4) is 0 Å². The van der Waals surface area contributed by atoms with E-state index in [1.54, 1.807) is 42.6 Å². The normalized spacial score (nSPS) is 11.8. The molecule has 1 unspecified atom stereocenters. The molecule has 0 aliphatic rings. The van der Waals surface area contributed by atoms with Crippen molar-refractivity contribution in [2.45, 2.75) is 32.6 Å². The van der Waals surface area contributed by atoms with Crippen LogP contribution in [-0.4, -0.2) is 43.6 Å². The summed E-state index contributed by atoms with van der Waals surface area (Å²) >= 11 is 1.20. The summed E-state index contributed by atoms with van der Waals surface area (Å²) in [5.74, 6) is -0.737. The molecule has 0 aliphatic heterocycles. The number of carbonyl (C=O) groups excluding carboxylic acids is 2. The molecule has 7 nitrogen and oxygen atoms in total. The zero-order valence-corrected chi connectivity index (χ0v) is 20.6. The first kappa shape index (κ1) is 25.3. The zero-order chi connectivity index (χ0) is 24.8. The fourth-order valence-corrected chi connectivity index (χ4v) is 4.32. The Hall–Kier alpha value is -3.33. The predicted octanol–water partition coefficient (Wildman–Crippen LogP) is 3.73. The van der Waals surface area contributed by atoms with Crippen molar-refractivity contribution in [3.63, 3.8) is 0 Å². The van der Waals surface area contributed by atoms with Crippen molar-refractivity contribution < 1.29 is 14.0 Å². The molecule has 0 aliphatic carbocycles. The summed E-state index contributed by atoms with van der Waals surface area (Å²) in [7, 11) is 1.76. The molecular weight excluding hydrogens is 455 g/mol. The van der Waals surface area contributed by atoms with E-state index in [1.807, 2.05) is 37.3 Å². The summed E-state index contributed by atoms with van der Waals surface area (Å²) in [4.78, 5) is 40.1. The van der Waals surface area contributed by atoms with Crippen molar-refractivity contribution in [3.8, 4) is 5.69 Å². The molecule has 180 valence electrons. The minimum Gasteiger partial charge on any atom is -0.338 e. The van der Waals surface area contributed by atoms with Crippen molar-refractivity contribution >= 4 is 29.3 Å². The van der Waals surface area contributed by atoms with Crippen LogP contribution < -0.4 is 10.9 Å². The SMILES string of the molecule is CCN(Cc1cccc(F)c1)C(=O)CSC(C)C(=O)Nc1c(C)n(C)n(-c2ccccc2)c1=O. The molecule has 0 radical (unpaired) electrons. The van der Waals surface area contributed by atoms with E-state index in [4.69, 9.17) is 0 Å². The number of carbonyl (C=O) groups is 2. The number of hydrogen-bond donors (Lipinski definition) is 1. The lowest BCUT2D eigenvalue weighted by atomic mass is 10.2. The molecule has 0 saturated heterocycles. The van der Waals surface area contributed by atoms with Gasteiger partial charge in [0, 0.05) is 20.1 Å². The summed E-state index contributed by atoms with van der Waals surface area (Å²) in [6.07, 6.45) is 0. The maximum atomic E-state index is 13.4. The van der Waals surface area contributed by atoms with E-state index in [0.29, 0.717) is 30.0 Å². The van der Waals surface area contributed by atoms with Crippen LogP contribution in [0.5, 0.6) is 0 Å². The molecule has 0 bridgehead atoms. The third-order valence-electron chi connectivity index (χ3n) is 5.63. The number of para-hydroxylation sites is 1. The minimum atomic E-state index is -0.555. The summed E-state index contributed by atoms with van der Waals surface area (Å²) < 4.78 is 16.6. The summed E-state index contributed by atoms with van der Waals surface area (Å²) in [5, 5.41) is 2.19. The van der Waals surface area contributed by atoms with Gasteiger partial charge in [0.25, 0.3) is 5.56 Å². The standard InChI is InChI=1S/C25H29FN4O3S/c1-5-29(15-19-10-9-11-20(26)14-19)22(31)16-34-18(3)24(32)27-23-17(2)28(4)30(25(23)33)21-12-7-6-8-13-21/h6-14,18H,5,15-16H2,1-4H3,(H,27,32). The Kier molecular flexibility index (Phi) is 8.33. The van der Waals surface area contributed by atoms with Crippen molar-refractivity contribution in [2.75, 3.05) is 17.6 Å². The van der Waals surface area contributed by atoms with Gasteiger partial charge in [-0.3, -0.25) is 19.1 Å².